The van der Waals surface area contributed by atoms with Crippen LogP contribution in [-0.4, -0.2) is 44.3 Å². The van der Waals surface area contributed by atoms with Crippen LogP contribution in [0.15, 0.2) is 45.7 Å². The molecular formula is C20H18N4O5S2. The molecule has 2 N–H and O–H groups in total. The summed E-state index contributed by atoms with van der Waals surface area (Å²) in [6.45, 7) is 2.19. The SMILES string of the molecule is CC(NC(=O)c1ccc2c(c1)SC1=NS(=O)(=O)CCN12)c1ccc2c(c1)NC(=O)CO2. The van der Waals surface area contributed by atoms with Crippen LogP contribution in [-0.2, 0) is 14.8 Å². The minimum absolute atomic E-state index is 0.00917. The van der Waals surface area contributed by atoms with Gasteiger partial charge in [-0.2, -0.15) is 0 Å². The molecule has 0 saturated carbocycles. The van der Waals surface area contributed by atoms with Crippen molar-refractivity contribution in [1.82, 2.24) is 5.32 Å². The molecule has 3 aliphatic heterocycles. The number of thioether (sulfide) groups is 1. The van der Waals surface area contributed by atoms with Gasteiger partial charge >= 0.3 is 0 Å². The first-order valence-electron chi connectivity index (χ1n) is 9.59. The Morgan fingerprint density at radius 2 is 2.13 bits per heavy atom. The number of carbonyl (C=O) groups excluding carboxylic acids is 2. The van der Waals surface area contributed by atoms with Gasteiger partial charge in [-0.1, -0.05) is 6.07 Å². The molecular weight excluding hydrogens is 440 g/mol. The van der Waals surface area contributed by atoms with Gasteiger partial charge < -0.3 is 20.3 Å². The maximum absolute atomic E-state index is 12.8. The largest absolute Gasteiger partial charge is 0.482 e. The third-order valence-electron chi connectivity index (χ3n) is 5.22. The van der Waals surface area contributed by atoms with Crippen molar-refractivity contribution in [2.45, 2.75) is 17.9 Å². The number of carbonyl (C=O) groups is 2. The van der Waals surface area contributed by atoms with Crippen molar-refractivity contribution in [3.63, 3.8) is 0 Å². The number of amidine groups is 1. The highest BCUT2D eigenvalue weighted by Crippen LogP contribution is 2.42. The molecule has 5 rings (SSSR count). The van der Waals surface area contributed by atoms with E-state index in [4.69, 9.17) is 4.74 Å². The van der Waals surface area contributed by atoms with Crippen LogP contribution >= 0.6 is 11.8 Å². The van der Waals surface area contributed by atoms with Crippen molar-refractivity contribution in [2.24, 2.45) is 4.40 Å². The normalized spacial score (nSPS) is 19.2. The lowest BCUT2D eigenvalue weighted by molar-refractivity contribution is -0.118. The van der Waals surface area contributed by atoms with Gasteiger partial charge in [0.2, 0.25) is 0 Å². The van der Waals surface area contributed by atoms with E-state index in [1.807, 2.05) is 24.0 Å². The molecule has 2 aromatic rings. The molecule has 3 aliphatic rings. The molecule has 11 heteroatoms. The minimum atomic E-state index is -3.43. The summed E-state index contributed by atoms with van der Waals surface area (Å²) in [7, 11) is -3.43. The van der Waals surface area contributed by atoms with Crippen molar-refractivity contribution in [3.05, 3.63) is 47.5 Å². The Kier molecular flexibility index (Phi) is 4.67. The summed E-state index contributed by atoms with van der Waals surface area (Å²) < 4.78 is 32.7. The highest BCUT2D eigenvalue weighted by atomic mass is 32.2. The quantitative estimate of drug-likeness (QED) is 0.723. The molecule has 9 nitrogen and oxygen atoms in total. The van der Waals surface area contributed by atoms with Crippen LogP contribution in [0.5, 0.6) is 5.75 Å². The number of ether oxygens (including phenoxy) is 1. The third-order valence-corrected chi connectivity index (χ3v) is 7.53. The second-order valence-electron chi connectivity index (χ2n) is 7.38. The molecule has 0 spiro atoms. The van der Waals surface area contributed by atoms with Crippen molar-refractivity contribution >= 4 is 50.1 Å². The highest BCUT2D eigenvalue weighted by molar-refractivity contribution is 8.15. The Morgan fingerprint density at radius 3 is 2.97 bits per heavy atom. The smallest absolute Gasteiger partial charge is 0.262 e. The van der Waals surface area contributed by atoms with Gasteiger partial charge in [0.1, 0.15) is 5.75 Å². The van der Waals surface area contributed by atoms with E-state index in [0.717, 1.165) is 16.1 Å². The van der Waals surface area contributed by atoms with Crippen LogP contribution < -0.4 is 20.3 Å². The zero-order valence-electron chi connectivity index (χ0n) is 16.4. The first-order chi connectivity index (χ1) is 14.8. The summed E-state index contributed by atoms with van der Waals surface area (Å²) in [5, 5.41) is 6.14. The molecule has 1 unspecified atom stereocenters. The number of fused-ring (bicyclic) bond motifs is 4. The van der Waals surface area contributed by atoms with Gasteiger partial charge in [-0.3, -0.25) is 9.59 Å². The molecule has 2 aromatic carbocycles. The lowest BCUT2D eigenvalue weighted by Crippen LogP contribution is -2.35. The average Bonchev–Trinajstić information content (AvgIpc) is 3.08. The molecule has 0 aliphatic carbocycles. The number of rotatable bonds is 3. The summed E-state index contributed by atoms with van der Waals surface area (Å²) in [6, 6.07) is 10.4. The summed E-state index contributed by atoms with van der Waals surface area (Å²) in [5.41, 5.74) is 2.73. The van der Waals surface area contributed by atoms with Crippen LogP contribution in [0, 0.1) is 0 Å². The van der Waals surface area contributed by atoms with E-state index < -0.39 is 10.0 Å². The van der Waals surface area contributed by atoms with Crippen LogP contribution in [0.25, 0.3) is 0 Å². The Labute approximate surface area is 182 Å². The number of hydrogen-bond donors (Lipinski definition) is 2. The highest BCUT2D eigenvalue weighted by Gasteiger charge is 2.33. The zero-order chi connectivity index (χ0) is 21.8. The Bertz CT molecular complexity index is 1260. The molecule has 31 heavy (non-hydrogen) atoms. The molecule has 2 amide bonds. The molecule has 0 fully saturated rings. The maximum Gasteiger partial charge on any atom is 0.262 e. The van der Waals surface area contributed by atoms with E-state index in [0.29, 0.717) is 28.7 Å². The Hall–Kier alpha value is -3.05. The standard InChI is InChI=1S/C20H18N4O5S2/c1-11(12-3-5-16-14(8-12)22-18(25)10-29-16)21-19(26)13-2-4-15-17(9-13)30-20-23-31(27,28)7-6-24(15)20/h2-5,8-9,11H,6-7,10H2,1H3,(H,21,26)(H,22,25). The number of nitrogens with zero attached hydrogens (tertiary/aromatic N) is 2. The molecule has 0 bridgehead atoms. The number of nitrogens with one attached hydrogen (secondary N) is 2. The summed E-state index contributed by atoms with van der Waals surface area (Å²) in [6.07, 6.45) is 0. The van der Waals surface area contributed by atoms with Gasteiger partial charge in [0, 0.05) is 17.0 Å². The first kappa shape index (κ1) is 19.9. The number of anilines is 2. The van der Waals surface area contributed by atoms with Crippen molar-refractivity contribution < 1.29 is 22.7 Å². The minimum Gasteiger partial charge on any atom is -0.482 e. The molecule has 0 aromatic heterocycles. The third kappa shape index (κ3) is 3.74. The van der Waals surface area contributed by atoms with Gasteiger partial charge in [-0.15, -0.1) is 4.40 Å². The topological polar surface area (TPSA) is 117 Å². The van der Waals surface area contributed by atoms with E-state index in [1.54, 1.807) is 24.3 Å². The Balaban J connectivity index is 1.33. The van der Waals surface area contributed by atoms with Gasteiger partial charge in [0.25, 0.3) is 21.8 Å². The van der Waals surface area contributed by atoms with Crippen LogP contribution in [0.2, 0.25) is 0 Å². The predicted octanol–water partition coefficient (Wildman–Crippen LogP) is 2.12. The van der Waals surface area contributed by atoms with Gasteiger partial charge in [-0.25, -0.2) is 8.42 Å². The second-order valence-corrected chi connectivity index (χ2v) is 10.1. The average molecular weight is 459 g/mol. The summed E-state index contributed by atoms with van der Waals surface area (Å²) >= 11 is 1.25. The van der Waals surface area contributed by atoms with E-state index in [9.17, 15) is 18.0 Å². The number of benzene rings is 2. The predicted molar refractivity (Wildman–Crippen MR) is 117 cm³/mol. The van der Waals surface area contributed by atoms with Gasteiger partial charge in [0.05, 0.1) is 23.2 Å². The molecule has 3 heterocycles. The molecule has 160 valence electrons. The van der Waals surface area contributed by atoms with Crippen molar-refractivity contribution in [1.29, 1.82) is 0 Å². The van der Waals surface area contributed by atoms with Crippen molar-refractivity contribution in [2.75, 3.05) is 29.1 Å². The lowest BCUT2D eigenvalue weighted by Gasteiger charge is -2.22. The van der Waals surface area contributed by atoms with E-state index >= 15 is 0 Å². The molecule has 1 atom stereocenters. The first-order valence-corrected chi connectivity index (χ1v) is 12.0. The number of sulfonamides is 1. The van der Waals surface area contributed by atoms with Crippen molar-refractivity contribution in [3.8, 4) is 5.75 Å². The number of hydrogen-bond acceptors (Lipinski definition) is 7. The van der Waals surface area contributed by atoms with Crippen LogP contribution in [0.3, 0.4) is 0 Å². The zero-order valence-corrected chi connectivity index (χ0v) is 18.0. The van der Waals surface area contributed by atoms with E-state index in [-0.39, 0.29) is 30.2 Å². The Morgan fingerprint density at radius 1 is 1.29 bits per heavy atom. The number of amides is 2. The maximum atomic E-state index is 12.8. The van der Waals surface area contributed by atoms with E-state index in [1.165, 1.54) is 11.8 Å². The fourth-order valence-electron chi connectivity index (χ4n) is 3.61. The second kappa shape index (κ2) is 7.27. The van der Waals surface area contributed by atoms with Gasteiger partial charge in [-0.05, 0) is 54.6 Å². The molecule has 0 saturated heterocycles. The summed E-state index contributed by atoms with van der Waals surface area (Å²) in [5.74, 6) is 0.0978. The van der Waals surface area contributed by atoms with Gasteiger partial charge in [0.15, 0.2) is 11.8 Å². The van der Waals surface area contributed by atoms with Crippen LogP contribution in [0.4, 0.5) is 11.4 Å². The molecule has 0 radical (unpaired) electrons. The lowest BCUT2D eigenvalue weighted by atomic mass is 10.1. The fraction of sp³-hybridized carbons (Fsp3) is 0.250. The summed E-state index contributed by atoms with van der Waals surface area (Å²) in [4.78, 5) is 27.0. The monoisotopic (exact) mass is 458 g/mol. The van der Waals surface area contributed by atoms with E-state index in [2.05, 4.69) is 15.0 Å². The fourth-order valence-corrected chi connectivity index (χ4v) is 5.90. The van der Waals surface area contributed by atoms with Crippen LogP contribution in [0.1, 0.15) is 28.9 Å².